The minimum Gasteiger partial charge on any atom is -0.490 e. The number of pyridine rings is 2. The predicted molar refractivity (Wildman–Crippen MR) is 114 cm³/mol. The Bertz CT molecular complexity index is 1150. The summed E-state index contributed by atoms with van der Waals surface area (Å²) in [6, 6.07) is 3.28. The van der Waals surface area contributed by atoms with Crippen LogP contribution in [-0.2, 0) is 7.05 Å². The zero-order valence-corrected chi connectivity index (χ0v) is 17.7. The van der Waals surface area contributed by atoms with Crippen molar-refractivity contribution >= 4 is 51.0 Å². The van der Waals surface area contributed by atoms with E-state index in [1.54, 1.807) is 32.3 Å². The van der Waals surface area contributed by atoms with Crippen molar-refractivity contribution in [2.75, 3.05) is 6.61 Å². The number of ether oxygens (including phenoxy) is 1. The van der Waals surface area contributed by atoms with Gasteiger partial charge in [-0.05, 0) is 36.8 Å². The molecule has 154 valence electrons. The molecule has 0 saturated carbocycles. The van der Waals surface area contributed by atoms with E-state index in [-0.39, 0.29) is 22.5 Å². The Balaban J connectivity index is 1.96. The topological polar surface area (TPSA) is 93.5 Å². The molecule has 2 N–H and O–H groups in total. The maximum Gasteiger partial charge on any atom is 0.404 e. The number of halogens is 2. The predicted octanol–water partition coefficient (Wildman–Crippen LogP) is 4.45. The molecule has 0 saturated heterocycles. The summed E-state index contributed by atoms with van der Waals surface area (Å²) in [6.07, 6.45) is 2.67. The highest BCUT2D eigenvalue weighted by Gasteiger charge is 2.19. The number of carboxylic acid groups (broad SMARTS) is 1. The summed E-state index contributed by atoms with van der Waals surface area (Å²) in [5.74, 6) is 0.348. The quantitative estimate of drug-likeness (QED) is 0.555. The van der Waals surface area contributed by atoms with Crippen LogP contribution in [0.3, 0.4) is 0 Å². The van der Waals surface area contributed by atoms with Crippen LogP contribution < -0.4 is 15.6 Å². The lowest BCUT2D eigenvalue weighted by Crippen LogP contribution is -2.33. The third kappa shape index (κ3) is 4.26. The van der Waals surface area contributed by atoms with Crippen molar-refractivity contribution in [1.29, 1.82) is 0 Å². The van der Waals surface area contributed by atoms with Gasteiger partial charge in [-0.25, -0.2) is 4.79 Å². The third-order valence-electron chi connectivity index (χ3n) is 4.77. The minimum absolute atomic E-state index is 0.0474. The molecule has 2 atom stereocenters. The van der Waals surface area contributed by atoms with E-state index in [1.165, 1.54) is 10.8 Å². The molecular weight excluding hydrogens is 417 g/mol. The van der Waals surface area contributed by atoms with Crippen molar-refractivity contribution < 1.29 is 14.6 Å². The minimum atomic E-state index is -1.06. The van der Waals surface area contributed by atoms with Gasteiger partial charge < -0.3 is 19.7 Å². The monoisotopic (exact) mass is 437 g/mol. The first-order valence-electron chi connectivity index (χ1n) is 9.07. The van der Waals surface area contributed by atoms with Gasteiger partial charge in [-0.1, -0.05) is 30.1 Å². The number of nitrogens with zero attached hydrogens (tertiary/aromatic N) is 2. The number of benzene rings is 1. The Morgan fingerprint density at radius 3 is 2.72 bits per heavy atom. The van der Waals surface area contributed by atoms with Gasteiger partial charge in [-0.2, -0.15) is 0 Å². The molecule has 0 bridgehead atoms. The van der Waals surface area contributed by atoms with Crippen LogP contribution in [0.4, 0.5) is 4.79 Å². The molecule has 2 aromatic heterocycles. The molecule has 29 heavy (non-hydrogen) atoms. The van der Waals surface area contributed by atoms with E-state index < -0.39 is 6.09 Å². The molecular formula is C20H21Cl2N3O4. The van der Waals surface area contributed by atoms with E-state index in [0.717, 1.165) is 10.8 Å². The second-order valence-electron chi connectivity index (χ2n) is 7.19. The molecule has 0 aliphatic rings. The first kappa shape index (κ1) is 21.2. The van der Waals surface area contributed by atoms with E-state index >= 15 is 0 Å². The fraction of sp³-hybridized carbons (Fsp3) is 0.350. The summed E-state index contributed by atoms with van der Waals surface area (Å²) in [6.45, 7) is 4.03. The third-order valence-corrected chi connectivity index (χ3v) is 5.40. The van der Waals surface area contributed by atoms with Crippen molar-refractivity contribution in [3.05, 3.63) is 44.9 Å². The molecule has 9 heteroatoms. The average Bonchev–Trinajstić information content (AvgIpc) is 2.64. The van der Waals surface area contributed by atoms with Gasteiger partial charge in [0.25, 0.3) is 5.56 Å². The number of fused-ring (bicyclic) bond motifs is 3. The van der Waals surface area contributed by atoms with Gasteiger partial charge in [0, 0.05) is 30.9 Å². The zero-order chi connectivity index (χ0) is 21.3. The second kappa shape index (κ2) is 8.47. The van der Waals surface area contributed by atoms with Crippen molar-refractivity contribution in [2.24, 2.45) is 13.0 Å². The van der Waals surface area contributed by atoms with Crippen molar-refractivity contribution in [1.82, 2.24) is 14.9 Å². The molecule has 0 aliphatic heterocycles. The van der Waals surface area contributed by atoms with Gasteiger partial charge in [0.15, 0.2) is 5.75 Å². The maximum atomic E-state index is 12.7. The fourth-order valence-electron chi connectivity index (χ4n) is 3.51. The van der Waals surface area contributed by atoms with E-state index in [2.05, 4.69) is 10.3 Å². The molecule has 0 radical (unpaired) electrons. The van der Waals surface area contributed by atoms with Crippen LogP contribution in [0, 0.1) is 5.92 Å². The fourth-order valence-corrected chi connectivity index (χ4v) is 4.20. The number of carbonyl (C=O) groups is 1. The van der Waals surface area contributed by atoms with Crippen molar-refractivity contribution in [3.8, 4) is 5.75 Å². The number of aromatic nitrogens is 2. The smallest absolute Gasteiger partial charge is 0.404 e. The summed E-state index contributed by atoms with van der Waals surface area (Å²) < 4.78 is 7.35. The summed E-state index contributed by atoms with van der Waals surface area (Å²) in [5.41, 5.74) is 0.320. The summed E-state index contributed by atoms with van der Waals surface area (Å²) in [4.78, 5) is 27.5. The number of amides is 1. The van der Waals surface area contributed by atoms with Crippen molar-refractivity contribution in [2.45, 2.75) is 26.3 Å². The molecule has 0 aliphatic carbocycles. The highest BCUT2D eigenvalue weighted by molar-refractivity contribution is 6.41. The molecule has 2 unspecified atom stereocenters. The Morgan fingerprint density at radius 2 is 2.03 bits per heavy atom. The lowest BCUT2D eigenvalue weighted by atomic mass is 10.0. The zero-order valence-electron chi connectivity index (χ0n) is 16.2. The van der Waals surface area contributed by atoms with E-state index in [1.807, 2.05) is 6.92 Å². The Hall–Kier alpha value is -2.51. The first-order chi connectivity index (χ1) is 13.7. The van der Waals surface area contributed by atoms with Crippen LogP contribution in [0.1, 0.15) is 20.3 Å². The molecule has 3 rings (SSSR count). The van der Waals surface area contributed by atoms with Gasteiger partial charge in [-0.3, -0.25) is 9.78 Å². The molecule has 0 fully saturated rings. The summed E-state index contributed by atoms with van der Waals surface area (Å²) in [7, 11) is 1.64. The van der Waals surface area contributed by atoms with Gasteiger partial charge >= 0.3 is 6.09 Å². The molecule has 3 aromatic rings. The number of rotatable bonds is 6. The average molecular weight is 438 g/mol. The second-order valence-corrected chi connectivity index (χ2v) is 7.97. The molecule has 7 nitrogen and oxygen atoms in total. The lowest BCUT2D eigenvalue weighted by Gasteiger charge is -2.20. The SMILES string of the molecule is CC(COc1c(Cl)cc2c3ccncc3c(=O)n(C)c2c1Cl)CC(C)NC(=O)O. The normalized spacial score (nSPS) is 13.4. The van der Waals surface area contributed by atoms with E-state index in [9.17, 15) is 9.59 Å². The first-order valence-corrected chi connectivity index (χ1v) is 9.83. The van der Waals surface area contributed by atoms with Crippen LogP contribution in [0.25, 0.3) is 21.7 Å². The number of hydrogen-bond acceptors (Lipinski definition) is 4. The van der Waals surface area contributed by atoms with Crippen LogP contribution >= 0.6 is 23.2 Å². The van der Waals surface area contributed by atoms with E-state index in [4.69, 9.17) is 33.0 Å². The molecule has 2 heterocycles. The number of hydrogen-bond donors (Lipinski definition) is 2. The highest BCUT2D eigenvalue weighted by Crippen LogP contribution is 2.40. The van der Waals surface area contributed by atoms with Crippen molar-refractivity contribution in [3.63, 3.8) is 0 Å². The number of aryl methyl sites for hydroxylation is 1. The van der Waals surface area contributed by atoms with Crippen LogP contribution in [0.5, 0.6) is 5.75 Å². The lowest BCUT2D eigenvalue weighted by molar-refractivity contribution is 0.185. The van der Waals surface area contributed by atoms with Gasteiger partial charge in [0.1, 0.15) is 5.02 Å². The Kier molecular flexibility index (Phi) is 6.19. The summed E-state index contributed by atoms with van der Waals surface area (Å²) >= 11 is 13.1. The Morgan fingerprint density at radius 1 is 1.31 bits per heavy atom. The van der Waals surface area contributed by atoms with Crippen LogP contribution in [0.2, 0.25) is 10.0 Å². The molecule has 1 amide bonds. The van der Waals surface area contributed by atoms with Gasteiger partial charge in [0.05, 0.1) is 22.5 Å². The standard InChI is InChI=1S/C20H21Cl2N3O4/c1-10(6-11(2)24-20(27)28)9-29-18-15(21)7-13-12-4-5-23-8-14(12)19(26)25(3)17(13)16(18)22/h4-5,7-8,10-11,24H,6,9H2,1-3H3,(H,27,28). The highest BCUT2D eigenvalue weighted by atomic mass is 35.5. The van der Waals surface area contributed by atoms with Gasteiger partial charge in [-0.15, -0.1) is 0 Å². The van der Waals surface area contributed by atoms with Gasteiger partial charge in [0.2, 0.25) is 0 Å². The van der Waals surface area contributed by atoms with E-state index in [0.29, 0.717) is 34.7 Å². The maximum absolute atomic E-state index is 12.7. The largest absolute Gasteiger partial charge is 0.490 e. The number of nitrogens with one attached hydrogen (secondary N) is 1. The Labute approximate surface area is 177 Å². The molecule has 0 spiro atoms. The summed E-state index contributed by atoms with van der Waals surface area (Å²) in [5, 5.41) is 13.7. The van der Waals surface area contributed by atoms with Crippen LogP contribution in [0.15, 0.2) is 29.3 Å². The van der Waals surface area contributed by atoms with Crippen LogP contribution in [-0.4, -0.2) is 33.4 Å². The molecule has 1 aromatic carbocycles.